The molecule has 0 aromatic heterocycles. The summed E-state index contributed by atoms with van der Waals surface area (Å²) in [7, 11) is 0. The van der Waals surface area contributed by atoms with E-state index in [2.05, 4.69) is 63.4 Å². The second kappa shape index (κ2) is 6.13. The van der Waals surface area contributed by atoms with E-state index in [1.54, 1.807) is 0 Å². The molecule has 0 spiro atoms. The summed E-state index contributed by atoms with van der Waals surface area (Å²) in [6, 6.07) is 10.5. The Kier molecular flexibility index (Phi) is 5.12. The highest BCUT2D eigenvalue weighted by molar-refractivity contribution is 9.11. The molecule has 0 aliphatic carbocycles. The van der Waals surface area contributed by atoms with Crippen LogP contribution in [0.15, 0.2) is 53.2 Å². The van der Waals surface area contributed by atoms with E-state index in [9.17, 15) is 0 Å². The Morgan fingerprint density at radius 3 is 2.53 bits per heavy atom. The van der Waals surface area contributed by atoms with E-state index >= 15 is 0 Å². The first-order valence-corrected chi connectivity index (χ1v) is 5.46. The fourth-order valence-electron chi connectivity index (χ4n) is 1.45. The van der Waals surface area contributed by atoms with Gasteiger partial charge in [-0.3, -0.25) is 0 Å². The van der Waals surface area contributed by atoms with Gasteiger partial charge in [-0.1, -0.05) is 52.3 Å². The molecule has 0 bridgehead atoms. The molecule has 1 aromatic rings. The lowest BCUT2D eigenvalue weighted by molar-refractivity contribution is 0.405. The summed E-state index contributed by atoms with van der Waals surface area (Å²) in [5, 5.41) is 0. The van der Waals surface area contributed by atoms with Gasteiger partial charge in [0, 0.05) is 23.8 Å². The van der Waals surface area contributed by atoms with E-state index in [4.69, 9.17) is 0 Å². The molecule has 1 nitrogen and oxygen atoms in total. The van der Waals surface area contributed by atoms with Crippen molar-refractivity contribution in [3.63, 3.8) is 0 Å². The summed E-state index contributed by atoms with van der Waals surface area (Å²) in [6.07, 6.45) is 6.37. The summed E-state index contributed by atoms with van der Waals surface area (Å²) >= 11 is 3.45. The molecule has 1 heterocycles. The Morgan fingerprint density at radius 2 is 1.93 bits per heavy atom. The molecule has 0 amide bonds. The number of nitrogens with zero attached hydrogens (tertiary/aromatic N) is 1. The molecule has 0 unspecified atom stereocenters. The van der Waals surface area contributed by atoms with Crippen molar-refractivity contribution in [2.24, 2.45) is 0 Å². The van der Waals surface area contributed by atoms with Crippen LogP contribution in [0, 0.1) is 0 Å². The Labute approximate surface area is 109 Å². The van der Waals surface area contributed by atoms with Crippen molar-refractivity contribution in [3.05, 3.63) is 58.7 Å². The number of benzene rings is 1. The third kappa shape index (κ3) is 3.84. The Balaban J connectivity index is 0.00000112. The molecular weight excluding hydrogens is 318 g/mol. The summed E-state index contributed by atoms with van der Waals surface area (Å²) in [6.45, 7) is 1.96. The maximum Gasteiger partial charge on any atom is 0.0427 e. The molecule has 80 valence electrons. The topological polar surface area (TPSA) is 3.24 Å². The van der Waals surface area contributed by atoms with Gasteiger partial charge in [0.25, 0.3) is 0 Å². The Morgan fingerprint density at radius 1 is 1.20 bits per heavy atom. The maximum atomic E-state index is 3.45. The van der Waals surface area contributed by atoms with Crippen LogP contribution in [0.4, 0.5) is 0 Å². The highest BCUT2D eigenvalue weighted by Crippen LogP contribution is 2.14. The third-order valence-electron chi connectivity index (χ3n) is 2.19. The maximum absolute atomic E-state index is 3.45. The van der Waals surface area contributed by atoms with Crippen LogP contribution in [0.1, 0.15) is 5.56 Å². The highest BCUT2D eigenvalue weighted by Gasteiger charge is 2.02. The van der Waals surface area contributed by atoms with Crippen LogP contribution in [-0.2, 0) is 6.54 Å². The monoisotopic (exact) mass is 329 g/mol. The van der Waals surface area contributed by atoms with Crippen molar-refractivity contribution >= 4 is 32.9 Å². The first-order valence-electron chi connectivity index (χ1n) is 4.66. The number of hydrogen-bond acceptors (Lipinski definition) is 1. The summed E-state index contributed by atoms with van der Waals surface area (Å²) in [4.78, 5) is 2.28. The predicted octanol–water partition coefficient (Wildman–Crippen LogP) is 3.87. The minimum absolute atomic E-state index is 0. The lowest BCUT2D eigenvalue weighted by Gasteiger charge is -2.21. The molecule has 1 aliphatic heterocycles. The Bertz CT molecular complexity index is 357. The fourth-order valence-corrected chi connectivity index (χ4v) is 1.71. The lowest BCUT2D eigenvalue weighted by atomic mass is 10.2. The van der Waals surface area contributed by atoms with Crippen LogP contribution in [0.3, 0.4) is 0 Å². The van der Waals surface area contributed by atoms with Gasteiger partial charge in [-0.25, -0.2) is 0 Å². The van der Waals surface area contributed by atoms with Gasteiger partial charge in [0.1, 0.15) is 0 Å². The SMILES string of the molecule is Br.BrC1=CCN(Cc2ccccc2)C=C1. The van der Waals surface area contributed by atoms with Gasteiger partial charge in [0.05, 0.1) is 0 Å². The van der Waals surface area contributed by atoms with Crippen molar-refractivity contribution in [2.75, 3.05) is 6.54 Å². The molecule has 0 N–H and O–H groups in total. The summed E-state index contributed by atoms with van der Waals surface area (Å²) < 4.78 is 1.17. The van der Waals surface area contributed by atoms with E-state index in [-0.39, 0.29) is 17.0 Å². The first-order chi connectivity index (χ1) is 6.84. The second-order valence-electron chi connectivity index (χ2n) is 3.32. The molecule has 0 saturated carbocycles. The van der Waals surface area contributed by atoms with Crippen molar-refractivity contribution in [3.8, 4) is 0 Å². The van der Waals surface area contributed by atoms with Crippen LogP contribution in [-0.4, -0.2) is 11.4 Å². The van der Waals surface area contributed by atoms with Crippen LogP contribution < -0.4 is 0 Å². The largest absolute Gasteiger partial charge is 0.369 e. The van der Waals surface area contributed by atoms with Crippen LogP contribution >= 0.6 is 32.9 Å². The fraction of sp³-hybridized carbons (Fsp3) is 0.167. The number of halogens is 2. The molecule has 1 aromatic carbocycles. The molecule has 0 radical (unpaired) electrons. The van der Waals surface area contributed by atoms with Crippen LogP contribution in [0.25, 0.3) is 0 Å². The quantitative estimate of drug-likeness (QED) is 0.795. The van der Waals surface area contributed by atoms with E-state index in [0.29, 0.717) is 0 Å². The van der Waals surface area contributed by atoms with Gasteiger partial charge >= 0.3 is 0 Å². The van der Waals surface area contributed by atoms with Crippen LogP contribution in [0.5, 0.6) is 0 Å². The normalized spacial score (nSPS) is 14.5. The standard InChI is InChI=1S/C12H12BrN.BrH/c13-12-6-8-14(9-7-12)10-11-4-2-1-3-5-11;/h1-8H,9-10H2;1H. The average molecular weight is 331 g/mol. The molecular formula is C12H13Br2N. The molecule has 0 fully saturated rings. The van der Waals surface area contributed by atoms with E-state index in [0.717, 1.165) is 13.1 Å². The van der Waals surface area contributed by atoms with E-state index in [1.165, 1.54) is 10.0 Å². The van der Waals surface area contributed by atoms with Crippen molar-refractivity contribution < 1.29 is 0 Å². The summed E-state index contributed by atoms with van der Waals surface area (Å²) in [5.74, 6) is 0. The van der Waals surface area contributed by atoms with Gasteiger partial charge in [-0.05, 0) is 11.6 Å². The zero-order valence-corrected chi connectivity index (χ0v) is 11.6. The molecule has 1 aliphatic rings. The average Bonchev–Trinajstić information content (AvgIpc) is 2.23. The molecule has 2 rings (SSSR count). The van der Waals surface area contributed by atoms with E-state index < -0.39 is 0 Å². The minimum atomic E-state index is 0. The second-order valence-corrected chi connectivity index (χ2v) is 4.24. The van der Waals surface area contributed by atoms with E-state index in [1.807, 2.05) is 6.07 Å². The zero-order valence-electron chi connectivity index (χ0n) is 8.27. The number of allylic oxidation sites excluding steroid dienone is 2. The number of rotatable bonds is 2. The van der Waals surface area contributed by atoms with Gasteiger partial charge in [-0.2, -0.15) is 0 Å². The van der Waals surface area contributed by atoms with Gasteiger partial charge in [-0.15, -0.1) is 17.0 Å². The smallest absolute Gasteiger partial charge is 0.0427 e. The van der Waals surface area contributed by atoms with Gasteiger partial charge < -0.3 is 4.90 Å². The molecule has 15 heavy (non-hydrogen) atoms. The highest BCUT2D eigenvalue weighted by atomic mass is 79.9. The first kappa shape index (κ1) is 12.5. The Hall–Kier alpha value is -0.540. The van der Waals surface area contributed by atoms with Crippen molar-refractivity contribution in [1.29, 1.82) is 0 Å². The minimum Gasteiger partial charge on any atom is -0.369 e. The zero-order chi connectivity index (χ0) is 9.80. The lowest BCUT2D eigenvalue weighted by Crippen LogP contribution is -2.18. The number of hydrogen-bond donors (Lipinski definition) is 0. The van der Waals surface area contributed by atoms with Crippen molar-refractivity contribution in [1.82, 2.24) is 4.90 Å². The third-order valence-corrected chi connectivity index (χ3v) is 2.78. The molecule has 3 heteroatoms. The van der Waals surface area contributed by atoms with Gasteiger partial charge in [0.2, 0.25) is 0 Å². The van der Waals surface area contributed by atoms with Crippen LogP contribution in [0.2, 0.25) is 0 Å². The van der Waals surface area contributed by atoms with Gasteiger partial charge in [0.15, 0.2) is 0 Å². The molecule has 0 saturated heterocycles. The van der Waals surface area contributed by atoms with Crippen molar-refractivity contribution in [2.45, 2.75) is 6.54 Å². The summed E-state index contributed by atoms with van der Waals surface area (Å²) in [5.41, 5.74) is 1.35. The molecule has 0 atom stereocenters. The predicted molar refractivity (Wildman–Crippen MR) is 73.3 cm³/mol.